The lowest BCUT2D eigenvalue weighted by Gasteiger charge is -2.28. The van der Waals surface area contributed by atoms with E-state index in [0.29, 0.717) is 0 Å². The van der Waals surface area contributed by atoms with Crippen molar-refractivity contribution in [2.75, 3.05) is 18.0 Å². The molecule has 4 heteroatoms. The molecule has 1 saturated heterocycles. The smallest absolute Gasteiger partial charge is 0.163 e. The minimum atomic E-state index is 0.757. The highest BCUT2D eigenvalue weighted by atomic mass is 15.2. The van der Waals surface area contributed by atoms with Crippen LogP contribution in [0.4, 0.5) is 5.82 Å². The van der Waals surface area contributed by atoms with E-state index in [-0.39, 0.29) is 0 Å². The predicted molar refractivity (Wildman–Crippen MR) is 88.8 cm³/mol. The second-order valence-corrected chi connectivity index (χ2v) is 5.68. The van der Waals surface area contributed by atoms with Gasteiger partial charge in [0.25, 0.3) is 0 Å². The number of hydrogen-bond acceptors (Lipinski definition) is 4. The molecule has 0 amide bonds. The van der Waals surface area contributed by atoms with E-state index in [1.807, 2.05) is 24.4 Å². The van der Waals surface area contributed by atoms with E-state index in [0.717, 1.165) is 41.2 Å². The number of anilines is 1. The topological polar surface area (TPSA) is 41.9 Å². The Bertz CT molecular complexity index is 779. The summed E-state index contributed by atoms with van der Waals surface area (Å²) in [5.74, 6) is 1.82. The number of nitrogens with zero attached hydrogens (tertiary/aromatic N) is 4. The molecule has 0 atom stereocenters. The summed E-state index contributed by atoms with van der Waals surface area (Å²) in [6, 6.07) is 12.2. The summed E-state index contributed by atoms with van der Waals surface area (Å²) in [6.07, 6.45) is 7.39. The average Bonchev–Trinajstić information content (AvgIpc) is 2.62. The summed E-state index contributed by atoms with van der Waals surface area (Å²) < 4.78 is 0. The molecule has 3 heterocycles. The summed E-state index contributed by atoms with van der Waals surface area (Å²) in [4.78, 5) is 16.2. The second-order valence-electron chi connectivity index (χ2n) is 5.68. The van der Waals surface area contributed by atoms with Gasteiger partial charge in [-0.15, -0.1) is 0 Å². The van der Waals surface area contributed by atoms with Crippen molar-refractivity contribution in [3.8, 4) is 11.4 Å². The zero-order valence-electron chi connectivity index (χ0n) is 12.4. The van der Waals surface area contributed by atoms with Gasteiger partial charge in [-0.25, -0.2) is 9.97 Å². The normalized spacial score (nSPS) is 15.2. The molecule has 0 aliphatic carbocycles. The molecule has 0 bridgehead atoms. The number of para-hydroxylation sites is 1. The van der Waals surface area contributed by atoms with E-state index in [4.69, 9.17) is 9.97 Å². The monoisotopic (exact) mass is 290 g/mol. The maximum absolute atomic E-state index is 4.87. The molecule has 4 rings (SSSR count). The van der Waals surface area contributed by atoms with Crippen LogP contribution in [0.3, 0.4) is 0 Å². The first kappa shape index (κ1) is 13.2. The van der Waals surface area contributed by atoms with Crippen LogP contribution in [0.1, 0.15) is 19.3 Å². The molecular weight excluding hydrogens is 272 g/mol. The summed E-state index contributed by atoms with van der Waals surface area (Å²) in [7, 11) is 0. The molecule has 0 unspecified atom stereocenters. The largest absolute Gasteiger partial charge is 0.356 e. The SMILES string of the molecule is c1cncc(-c2nc(N3CCCCC3)c3ccccc3n2)c1. The van der Waals surface area contributed by atoms with E-state index < -0.39 is 0 Å². The van der Waals surface area contributed by atoms with Crippen LogP contribution in [0.2, 0.25) is 0 Å². The van der Waals surface area contributed by atoms with E-state index in [1.54, 1.807) is 6.20 Å². The summed E-state index contributed by atoms with van der Waals surface area (Å²) >= 11 is 0. The Labute approximate surface area is 129 Å². The molecular formula is C18H18N4. The molecule has 3 aromatic rings. The van der Waals surface area contributed by atoms with Crippen LogP contribution in [0.5, 0.6) is 0 Å². The third-order valence-corrected chi connectivity index (χ3v) is 4.16. The van der Waals surface area contributed by atoms with Crippen LogP contribution < -0.4 is 4.90 Å². The van der Waals surface area contributed by atoms with E-state index in [1.165, 1.54) is 19.3 Å². The van der Waals surface area contributed by atoms with Crippen LogP contribution in [0.15, 0.2) is 48.8 Å². The number of benzene rings is 1. The molecule has 2 aromatic heterocycles. The predicted octanol–water partition coefficient (Wildman–Crippen LogP) is 3.68. The number of piperidine rings is 1. The first-order valence-electron chi connectivity index (χ1n) is 7.84. The summed E-state index contributed by atoms with van der Waals surface area (Å²) in [6.45, 7) is 2.15. The maximum Gasteiger partial charge on any atom is 0.163 e. The van der Waals surface area contributed by atoms with Crippen LogP contribution in [-0.2, 0) is 0 Å². The fraction of sp³-hybridized carbons (Fsp3) is 0.278. The molecule has 1 fully saturated rings. The van der Waals surface area contributed by atoms with Crippen molar-refractivity contribution >= 4 is 16.7 Å². The number of aromatic nitrogens is 3. The zero-order chi connectivity index (χ0) is 14.8. The number of fused-ring (bicyclic) bond motifs is 1. The van der Waals surface area contributed by atoms with E-state index >= 15 is 0 Å². The lowest BCUT2D eigenvalue weighted by Crippen LogP contribution is -2.30. The quantitative estimate of drug-likeness (QED) is 0.722. The van der Waals surface area contributed by atoms with Gasteiger partial charge in [0.05, 0.1) is 5.52 Å². The lowest BCUT2D eigenvalue weighted by molar-refractivity contribution is 0.575. The molecule has 0 N–H and O–H groups in total. The van der Waals surface area contributed by atoms with E-state index in [2.05, 4.69) is 28.1 Å². The first-order chi connectivity index (χ1) is 10.9. The number of hydrogen-bond donors (Lipinski definition) is 0. The lowest BCUT2D eigenvalue weighted by atomic mass is 10.1. The van der Waals surface area contributed by atoms with Crippen molar-refractivity contribution in [3.05, 3.63) is 48.8 Å². The van der Waals surface area contributed by atoms with Crippen LogP contribution in [0.25, 0.3) is 22.3 Å². The van der Waals surface area contributed by atoms with Crippen LogP contribution >= 0.6 is 0 Å². The standard InChI is InChI=1S/C18H18N4/c1-4-11-22(12-5-1)18-15-8-2-3-9-16(15)20-17(21-18)14-7-6-10-19-13-14/h2-3,6-10,13H,1,4-5,11-12H2. The van der Waals surface area contributed by atoms with Gasteiger partial charge in [0, 0.05) is 36.4 Å². The Kier molecular flexibility index (Phi) is 3.43. The molecule has 1 aliphatic heterocycles. The third kappa shape index (κ3) is 2.41. The average molecular weight is 290 g/mol. The van der Waals surface area contributed by atoms with Gasteiger partial charge in [0.2, 0.25) is 0 Å². The minimum absolute atomic E-state index is 0.757. The van der Waals surface area contributed by atoms with Crippen LogP contribution in [-0.4, -0.2) is 28.0 Å². The Balaban J connectivity index is 1.89. The fourth-order valence-corrected chi connectivity index (χ4v) is 3.03. The molecule has 0 spiro atoms. The highest BCUT2D eigenvalue weighted by Gasteiger charge is 2.17. The van der Waals surface area contributed by atoms with Gasteiger partial charge in [-0.2, -0.15) is 0 Å². The van der Waals surface area contributed by atoms with Gasteiger partial charge < -0.3 is 4.90 Å². The highest BCUT2D eigenvalue weighted by Crippen LogP contribution is 2.28. The van der Waals surface area contributed by atoms with Gasteiger partial charge in [-0.05, 0) is 43.5 Å². The summed E-state index contributed by atoms with van der Waals surface area (Å²) in [5.41, 5.74) is 1.96. The Morgan fingerprint density at radius 2 is 1.73 bits per heavy atom. The third-order valence-electron chi connectivity index (χ3n) is 4.16. The Morgan fingerprint density at radius 3 is 2.55 bits per heavy atom. The molecule has 110 valence electrons. The molecule has 1 aliphatic rings. The molecule has 0 radical (unpaired) electrons. The van der Waals surface area contributed by atoms with Gasteiger partial charge in [0.1, 0.15) is 5.82 Å². The van der Waals surface area contributed by atoms with Crippen molar-refractivity contribution in [2.24, 2.45) is 0 Å². The van der Waals surface area contributed by atoms with Gasteiger partial charge >= 0.3 is 0 Å². The van der Waals surface area contributed by atoms with Gasteiger partial charge in [-0.1, -0.05) is 12.1 Å². The van der Waals surface area contributed by atoms with Crippen molar-refractivity contribution < 1.29 is 0 Å². The van der Waals surface area contributed by atoms with Crippen molar-refractivity contribution in [3.63, 3.8) is 0 Å². The zero-order valence-corrected chi connectivity index (χ0v) is 12.4. The van der Waals surface area contributed by atoms with Gasteiger partial charge in [-0.3, -0.25) is 4.98 Å². The Hall–Kier alpha value is -2.49. The van der Waals surface area contributed by atoms with Crippen molar-refractivity contribution in [1.82, 2.24) is 15.0 Å². The maximum atomic E-state index is 4.87. The van der Waals surface area contributed by atoms with E-state index in [9.17, 15) is 0 Å². The number of rotatable bonds is 2. The second kappa shape index (κ2) is 5.72. The van der Waals surface area contributed by atoms with Crippen molar-refractivity contribution in [1.29, 1.82) is 0 Å². The van der Waals surface area contributed by atoms with Crippen LogP contribution in [0, 0.1) is 0 Å². The first-order valence-corrected chi connectivity index (χ1v) is 7.84. The summed E-state index contributed by atoms with van der Waals surface area (Å²) in [5, 5.41) is 1.14. The number of pyridine rings is 1. The van der Waals surface area contributed by atoms with Gasteiger partial charge in [0.15, 0.2) is 5.82 Å². The highest BCUT2D eigenvalue weighted by molar-refractivity contribution is 5.91. The minimum Gasteiger partial charge on any atom is -0.356 e. The van der Waals surface area contributed by atoms with Crippen molar-refractivity contribution in [2.45, 2.75) is 19.3 Å². The molecule has 1 aromatic carbocycles. The fourth-order valence-electron chi connectivity index (χ4n) is 3.03. The molecule has 0 saturated carbocycles. The molecule has 22 heavy (non-hydrogen) atoms. The molecule has 4 nitrogen and oxygen atoms in total. The Morgan fingerprint density at radius 1 is 0.864 bits per heavy atom.